The van der Waals surface area contributed by atoms with E-state index in [1.54, 1.807) is 13.2 Å². The molecule has 1 N–H and O–H groups in total. The van der Waals surface area contributed by atoms with Crippen molar-refractivity contribution >= 4 is 39.7 Å². The number of likely N-dealkylation sites (tertiary alicyclic amines) is 1. The molecule has 2 fully saturated rings. The van der Waals surface area contributed by atoms with Crippen LogP contribution in [-0.2, 0) is 11.3 Å². The van der Waals surface area contributed by atoms with E-state index in [9.17, 15) is 9.18 Å². The molecule has 0 saturated carbocycles. The van der Waals surface area contributed by atoms with Crippen molar-refractivity contribution < 1.29 is 13.9 Å². The van der Waals surface area contributed by atoms with Gasteiger partial charge in [0, 0.05) is 68.1 Å². The topological polar surface area (TPSA) is 44.8 Å². The number of carbonyl (C=O) groups excluding carboxylic acids is 1. The molecule has 1 aromatic heterocycles. The van der Waals surface area contributed by atoms with Crippen LogP contribution in [0.25, 0.3) is 10.1 Å². The molecule has 1 amide bonds. The van der Waals surface area contributed by atoms with Crippen LogP contribution in [0.3, 0.4) is 0 Å². The molecule has 27 heavy (non-hydrogen) atoms. The van der Waals surface area contributed by atoms with Crippen molar-refractivity contribution in [3.8, 4) is 0 Å². The first-order valence-corrected chi connectivity index (χ1v) is 9.93. The molecule has 2 aliphatic heterocycles. The molecule has 3 heterocycles. The highest BCUT2D eigenvalue weighted by Crippen LogP contribution is 2.35. The molecule has 5 nitrogen and oxygen atoms in total. The number of benzene rings is 1. The number of hydrogen-bond acceptors (Lipinski definition) is 5. The smallest absolute Gasteiger partial charge is 0.264 e. The lowest BCUT2D eigenvalue weighted by molar-refractivity contribution is 0.0774. The second kappa shape index (κ2) is 8.84. The molecule has 0 aliphatic carbocycles. The molecule has 2 aliphatic rings. The summed E-state index contributed by atoms with van der Waals surface area (Å²) in [6.45, 7) is 5.86. The lowest BCUT2D eigenvalue weighted by atomic mass is 10.1. The Balaban J connectivity index is 0.00000210. The number of halogens is 2. The summed E-state index contributed by atoms with van der Waals surface area (Å²) < 4.78 is 20.4. The van der Waals surface area contributed by atoms with Gasteiger partial charge in [-0.1, -0.05) is 6.07 Å². The Labute approximate surface area is 168 Å². The molecule has 1 atom stereocenters. The summed E-state index contributed by atoms with van der Waals surface area (Å²) in [4.78, 5) is 18.2. The van der Waals surface area contributed by atoms with Gasteiger partial charge in [0.05, 0.1) is 11.5 Å². The molecule has 8 heteroatoms. The maximum atomic E-state index is 14.3. The predicted octanol–water partition coefficient (Wildman–Crippen LogP) is 2.73. The van der Waals surface area contributed by atoms with Crippen LogP contribution in [0, 0.1) is 5.82 Å². The highest BCUT2D eigenvalue weighted by atomic mass is 35.5. The molecule has 0 spiro atoms. The van der Waals surface area contributed by atoms with Crippen molar-refractivity contribution in [2.45, 2.75) is 19.1 Å². The van der Waals surface area contributed by atoms with Crippen LogP contribution in [0.1, 0.15) is 21.7 Å². The van der Waals surface area contributed by atoms with Crippen LogP contribution >= 0.6 is 23.7 Å². The van der Waals surface area contributed by atoms with Gasteiger partial charge in [-0.3, -0.25) is 9.69 Å². The maximum Gasteiger partial charge on any atom is 0.264 e. The number of carbonyl (C=O) groups is 1. The average molecular weight is 414 g/mol. The fourth-order valence-electron chi connectivity index (χ4n) is 4.04. The average Bonchev–Trinajstić information content (AvgIpc) is 3.29. The highest BCUT2D eigenvalue weighted by molar-refractivity contribution is 7.21. The molecule has 1 unspecified atom stereocenters. The second-order valence-electron chi connectivity index (χ2n) is 6.94. The molecular weight excluding hydrogens is 389 g/mol. The minimum Gasteiger partial charge on any atom is -0.380 e. The minimum atomic E-state index is -0.287. The van der Waals surface area contributed by atoms with Gasteiger partial charge in [0.25, 0.3) is 5.91 Å². The number of piperazine rings is 1. The Morgan fingerprint density at radius 1 is 1.33 bits per heavy atom. The van der Waals surface area contributed by atoms with E-state index in [-0.39, 0.29) is 30.7 Å². The summed E-state index contributed by atoms with van der Waals surface area (Å²) >= 11 is 1.37. The third-order valence-electron chi connectivity index (χ3n) is 5.36. The molecule has 4 rings (SSSR count). The maximum absolute atomic E-state index is 14.3. The van der Waals surface area contributed by atoms with Crippen LogP contribution in [0.15, 0.2) is 18.2 Å². The standard InChI is InChI=1S/C19H24FN3O2S.ClH/c1-25-12-14-17-15(20)3-2-4-16(17)26-18(14)19(24)23-8-5-13(11-23)22-9-6-21-7-10-22;/h2-4,13,21H,5-12H2,1H3;1H. The van der Waals surface area contributed by atoms with Crippen LogP contribution in [0.2, 0.25) is 0 Å². The van der Waals surface area contributed by atoms with Gasteiger partial charge in [-0.15, -0.1) is 23.7 Å². The SMILES string of the molecule is COCc1c(C(=O)N2CCC(N3CCNCC3)C2)sc2cccc(F)c12.Cl. The van der Waals surface area contributed by atoms with Gasteiger partial charge in [0.1, 0.15) is 5.82 Å². The van der Waals surface area contributed by atoms with Crippen LogP contribution in [-0.4, -0.2) is 68.1 Å². The summed E-state index contributed by atoms with van der Waals surface area (Å²) in [6, 6.07) is 5.43. The zero-order chi connectivity index (χ0) is 18.1. The molecular formula is C19H25ClFN3O2S. The number of fused-ring (bicyclic) bond motifs is 1. The predicted molar refractivity (Wildman–Crippen MR) is 108 cm³/mol. The van der Waals surface area contributed by atoms with Crippen LogP contribution in [0.5, 0.6) is 0 Å². The Bertz CT molecular complexity index is 810. The number of thiophene rings is 1. The monoisotopic (exact) mass is 413 g/mol. The van der Waals surface area contributed by atoms with Crippen molar-refractivity contribution in [2.75, 3.05) is 46.4 Å². The van der Waals surface area contributed by atoms with Crippen LogP contribution < -0.4 is 5.32 Å². The number of methoxy groups -OCH3 is 1. The van der Waals surface area contributed by atoms with Crippen molar-refractivity contribution in [1.82, 2.24) is 15.1 Å². The van der Waals surface area contributed by atoms with E-state index in [0.29, 0.717) is 21.9 Å². The Morgan fingerprint density at radius 2 is 2.11 bits per heavy atom. The van der Waals surface area contributed by atoms with Gasteiger partial charge in [-0.05, 0) is 18.6 Å². The van der Waals surface area contributed by atoms with Gasteiger partial charge in [-0.2, -0.15) is 0 Å². The Kier molecular flexibility index (Phi) is 6.70. The number of nitrogens with one attached hydrogen (secondary N) is 1. The molecule has 1 aromatic carbocycles. The van der Waals surface area contributed by atoms with E-state index in [4.69, 9.17) is 4.74 Å². The van der Waals surface area contributed by atoms with Gasteiger partial charge in [0.2, 0.25) is 0 Å². The van der Waals surface area contributed by atoms with Crippen LogP contribution in [0.4, 0.5) is 4.39 Å². The molecule has 2 aromatic rings. The summed E-state index contributed by atoms with van der Waals surface area (Å²) in [5.74, 6) is -0.278. The number of amides is 1. The lowest BCUT2D eigenvalue weighted by Crippen LogP contribution is -2.49. The van der Waals surface area contributed by atoms with Crippen molar-refractivity contribution in [3.63, 3.8) is 0 Å². The van der Waals surface area contributed by atoms with E-state index in [2.05, 4.69) is 10.2 Å². The van der Waals surface area contributed by atoms with Gasteiger partial charge in [-0.25, -0.2) is 4.39 Å². The quantitative estimate of drug-likeness (QED) is 0.837. The normalized spacial score (nSPS) is 20.8. The molecule has 148 valence electrons. The van der Waals surface area contributed by atoms with Crippen molar-refractivity contribution in [1.29, 1.82) is 0 Å². The molecule has 0 bridgehead atoms. The first kappa shape index (κ1) is 20.5. The van der Waals surface area contributed by atoms with E-state index in [0.717, 1.165) is 50.4 Å². The number of ether oxygens (including phenoxy) is 1. The first-order chi connectivity index (χ1) is 12.7. The number of rotatable bonds is 4. The first-order valence-electron chi connectivity index (χ1n) is 9.12. The van der Waals surface area contributed by atoms with Gasteiger partial charge >= 0.3 is 0 Å². The van der Waals surface area contributed by atoms with Gasteiger partial charge < -0.3 is 15.0 Å². The lowest BCUT2D eigenvalue weighted by Gasteiger charge is -2.32. The zero-order valence-electron chi connectivity index (χ0n) is 15.4. The summed E-state index contributed by atoms with van der Waals surface area (Å²) in [5, 5.41) is 3.90. The fourth-order valence-corrected chi connectivity index (χ4v) is 5.23. The third-order valence-corrected chi connectivity index (χ3v) is 6.55. The summed E-state index contributed by atoms with van der Waals surface area (Å²) in [7, 11) is 1.58. The number of hydrogen-bond donors (Lipinski definition) is 1. The third kappa shape index (κ3) is 3.98. The van der Waals surface area contributed by atoms with Crippen molar-refractivity contribution in [2.24, 2.45) is 0 Å². The second-order valence-corrected chi connectivity index (χ2v) is 7.99. The van der Waals surface area contributed by atoms with E-state index in [1.807, 2.05) is 11.0 Å². The van der Waals surface area contributed by atoms with E-state index >= 15 is 0 Å². The number of nitrogens with zero attached hydrogens (tertiary/aromatic N) is 2. The zero-order valence-corrected chi connectivity index (χ0v) is 17.0. The Morgan fingerprint density at radius 3 is 2.85 bits per heavy atom. The fraction of sp³-hybridized carbons (Fsp3) is 0.526. The summed E-state index contributed by atoms with van der Waals surface area (Å²) in [5.41, 5.74) is 0.682. The van der Waals surface area contributed by atoms with E-state index in [1.165, 1.54) is 17.4 Å². The van der Waals surface area contributed by atoms with Gasteiger partial charge in [0.15, 0.2) is 0 Å². The largest absolute Gasteiger partial charge is 0.380 e. The highest BCUT2D eigenvalue weighted by Gasteiger charge is 2.33. The van der Waals surface area contributed by atoms with Crippen molar-refractivity contribution in [3.05, 3.63) is 34.5 Å². The van der Waals surface area contributed by atoms with E-state index < -0.39 is 0 Å². The molecule has 0 radical (unpaired) electrons. The molecule has 2 saturated heterocycles. The Hall–Kier alpha value is -1.25. The minimum absolute atomic E-state index is 0. The summed E-state index contributed by atoms with van der Waals surface area (Å²) in [6.07, 6.45) is 1.00.